The Labute approximate surface area is 193 Å². The summed E-state index contributed by atoms with van der Waals surface area (Å²) in [5, 5.41) is 6.10. The summed E-state index contributed by atoms with van der Waals surface area (Å²) in [4.78, 5) is 12.4. The van der Waals surface area contributed by atoms with Crippen LogP contribution in [0.4, 0.5) is 0 Å². The standard InChI is InChI=1S/C27H26ClN3O/c1-18-12-13-21(14-19(18)2)15-27(32)30-29-16-24-20(3)31(26-11-7-5-9-23(24)26)17-22-8-4-6-10-25(22)28/h4-14,16H,15,17H2,1-3H3,(H,30,32)/b29-16-. The number of nitrogens with one attached hydrogen (secondary N) is 1. The van der Waals surface area contributed by atoms with Crippen LogP contribution in [-0.2, 0) is 17.8 Å². The van der Waals surface area contributed by atoms with E-state index in [9.17, 15) is 4.79 Å². The molecule has 0 spiro atoms. The zero-order chi connectivity index (χ0) is 22.7. The summed E-state index contributed by atoms with van der Waals surface area (Å²) in [5.74, 6) is -0.137. The molecule has 0 saturated heterocycles. The summed E-state index contributed by atoms with van der Waals surface area (Å²) in [6, 6.07) is 22.2. The highest BCUT2D eigenvalue weighted by Gasteiger charge is 2.14. The molecule has 0 aliphatic carbocycles. The number of hydrogen-bond acceptors (Lipinski definition) is 2. The van der Waals surface area contributed by atoms with Crippen LogP contribution in [0.1, 0.15) is 33.5 Å². The number of hydrazone groups is 1. The van der Waals surface area contributed by atoms with E-state index in [1.165, 1.54) is 11.1 Å². The van der Waals surface area contributed by atoms with Crippen molar-refractivity contribution < 1.29 is 4.79 Å². The number of amides is 1. The molecule has 3 aromatic carbocycles. The fraction of sp³-hybridized carbons (Fsp3) is 0.185. The van der Waals surface area contributed by atoms with Gasteiger partial charge in [0, 0.05) is 33.7 Å². The van der Waals surface area contributed by atoms with Crippen molar-refractivity contribution in [2.24, 2.45) is 5.10 Å². The number of carbonyl (C=O) groups excluding carboxylic acids is 1. The van der Waals surface area contributed by atoms with E-state index < -0.39 is 0 Å². The number of aryl methyl sites for hydroxylation is 2. The summed E-state index contributed by atoms with van der Waals surface area (Å²) in [6.45, 7) is 6.85. The van der Waals surface area contributed by atoms with E-state index in [2.05, 4.69) is 48.0 Å². The van der Waals surface area contributed by atoms with Crippen LogP contribution in [0.5, 0.6) is 0 Å². The molecule has 32 heavy (non-hydrogen) atoms. The molecule has 5 heteroatoms. The van der Waals surface area contributed by atoms with Gasteiger partial charge in [-0.25, -0.2) is 5.43 Å². The highest BCUT2D eigenvalue weighted by Crippen LogP contribution is 2.27. The monoisotopic (exact) mass is 443 g/mol. The molecule has 0 aliphatic heterocycles. The smallest absolute Gasteiger partial charge is 0.244 e. The van der Waals surface area contributed by atoms with E-state index in [-0.39, 0.29) is 5.91 Å². The molecule has 0 fully saturated rings. The quantitative estimate of drug-likeness (QED) is 0.290. The first-order chi connectivity index (χ1) is 15.4. The number of halogens is 1. The number of para-hydroxylation sites is 1. The molecule has 0 bridgehead atoms. The zero-order valence-corrected chi connectivity index (χ0v) is 19.3. The number of aromatic nitrogens is 1. The molecule has 162 valence electrons. The van der Waals surface area contributed by atoms with Gasteiger partial charge >= 0.3 is 0 Å². The van der Waals surface area contributed by atoms with Gasteiger partial charge in [0.1, 0.15) is 0 Å². The van der Waals surface area contributed by atoms with E-state index >= 15 is 0 Å². The Morgan fingerprint density at radius 1 is 1.00 bits per heavy atom. The van der Waals surface area contributed by atoms with Crippen molar-refractivity contribution in [2.45, 2.75) is 33.7 Å². The van der Waals surface area contributed by atoms with Gasteiger partial charge in [0.2, 0.25) is 5.91 Å². The molecule has 1 N–H and O–H groups in total. The van der Waals surface area contributed by atoms with Crippen LogP contribution in [0, 0.1) is 20.8 Å². The van der Waals surface area contributed by atoms with E-state index in [1.807, 2.05) is 54.6 Å². The van der Waals surface area contributed by atoms with Crippen LogP contribution in [-0.4, -0.2) is 16.7 Å². The van der Waals surface area contributed by atoms with Gasteiger partial charge < -0.3 is 4.57 Å². The third-order valence-electron chi connectivity index (χ3n) is 5.88. The molecular weight excluding hydrogens is 418 g/mol. The molecule has 4 nitrogen and oxygen atoms in total. The van der Waals surface area contributed by atoms with Crippen LogP contribution in [0.25, 0.3) is 10.9 Å². The van der Waals surface area contributed by atoms with Crippen molar-refractivity contribution in [3.05, 3.63) is 105 Å². The summed E-state index contributed by atoms with van der Waals surface area (Å²) in [7, 11) is 0. The van der Waals surface area contributed by atoms with Gasteiger partial charge in [-0.3, -0.25) is 4.79 Å². The predicted octanol–water partition coefficient (Wildman–Crippen LogP) is 5.96. The summed E-state index contributed by atoms with van der Waals surface area (Å²) in [5.41, 5.74) is 10.3. The molecule has 4 aromatic rings. The van der Waals surface area contributed by atoms with Crippen molar-refractivity contribution in [3.63, 3.8) is 0 Å². The maximum Gasteiger partial charge on any atom is 0.244 e. The SMILES string of the molecule is Cc1ccc(CC(=O)N/N=C\c2c(C)n(Cc3ccccc3Cl)c3ccccc23)cc1C. The first kappa shape index (κ1) is 21.8. The topological polar surface area (TPSA) is 46.4 Å². The molecule has 4 rings (SSSR count). The average Bonchev–Trinajstić information content (AvgIpc) is 3.04. The number of fused-ring (bicyclic) bond motifs is 1. The number of hydrogen-bond donors (Lipinski definition) is 1. The first-order valence-electron chi connectivity index (χ1n) is 10.6. The second-order valence-electron chi connectivity index (χ2n) is 8.08. The minimum Gasteiger partial charge on any atom is -0.340 e. The molecule has 0 unspecified atom stereocenters. The van der Waals surface area contributed by atoms with Crippen LogP contribution in [0.15, 0.2) is 71.8 Å². The Kier molecular flexibility index (Phi) is 6.42. The molecule has 0 saturated carbocycles. The lowest BCUT2D eigenvalue weighted by atomic mass is 10.0. The normalized spacial score (nSPS) is 11.4. The van der Waals surface area contributed by atoms with Crippen LogP contribution < -0.4 is 5.43 Å². The highest BCUT2D eigenvalue weighted by atomic mass is 35.5. The highest BCUT2D eigenvalue weighted by molar-refractivity contribution is 6.31. The van der Waals surface area contributed by atoms with Gasteiger partial charge in [-0.2, -0.15) is 5.10 Å². The lowest BCUT2D eigenvalue weighted by Crippen LogP contribution is -2.19. The molecular formula is C27H26ClN3O. The first-order valence-corrected chi connectivity index (χ1v) is 11.0. The van der Waals surface area contributed by atoms with Crippen LogP contribution >= 0.6 is 11.6 Å². The van der Waals surface area contributed by atoms with Crippen molar-refractivity contribution in [3.8, 4) is 0 Å². The second kappa shape index (κ2) is 9.41. The van der Waals surface area contributed by atoms with Crippen molar-refractivity contribution in [1.82, 2.24) is 9.99 Å². The number of rotatable bonds is 6. The Hall–Kier alpha value is -3.37. The van der Waals surface area contributed by atoms with Crippen molar-refractivity contribution >= 4 is 34.6 Å². The molecule has 1 aromatic heterocycles. The summed E-state index contributed by atoms with van der Waals surface area (Å²) in [6.07, 6.45) is 2.03. The van der Waals surface area contributed by atoms with Gasteiger partial charge in [0.15, 0.2) is 0 Å². The average molecular weight is 444 g/mol. The third-order valence-corrected chi connectivity index (χ3v) is 6.25. The number of carbonyl (C=O) groups is 1. The number of benzene rings is 3. The lowest BCUT2D eigenvalue weighted by Gasteiger charge is -2.10. The van der Waals surface area contributed by atoms with Gasteiger partial charge in [0.05, 0.1) is 12.6 Å². The molecule has 0 aliphatic rings. The third kappa shape index (κ3) is 4.61. The van der Waals surface area contributed by atoms with Gasteiger partial charge in [-0.15, -0.1) is 0 Å². The predicted molar refractivity (Wildman–Crippen MR) is 133 cm³/mol. The fourth-order valence-electron chi connectivity index (χ4n) is 3.93. The fourth-order valence-corrected chi connectivity index (χ4v) is 4.12. The second-order valence-corrected chi connectivity index (χ2v) is 8.49. The van der Waals surface area contributed by atoms with Crippen molar-refractivity contribution in [2.75, 3.05) is 0 Å². The Morgan fingerprint density at radius 3 is 2.53 bits per heavy atom. The van der Waals surface area contributed by atoms with Crippen LogP contribution in [0.2, 0.25) is 5.02 Å². The summed E-state index contributed by atoms with van der Waals surface area (Å²) >= 11 is 6.40. The largest absolute Gasteiger partial charge is 0.340 e. The van der Waals surface area contributed by atoms with Gasteiger partial charge in [-0.1, -0.05) is 66.2 Å². The summed E-state index contributed by atoms with van der Waals surface area (Å²) < 4.78 is 2.23. The van der Waals surface area contributed by atoms with Crippen molar-refractivity contribution in [1.29, 1.82) is 0 Å². The van der Waals surface area contributed by atoms with E-state index in [0.717, 1.165) is 38.3 Å². The minimum atomic E-state index is -0.137. The van der Waals surface area contributed by atoms with Gasteiger partial charge in [0.25, 0.3) is 0 Å². The van der Waals surface area contributed by atoms with Gasteiger partial charge in [-0.05, 0) is 55.2 Å². The number of nitrogens with zero attached hydrogens (tertiary/aromatic N) is 2. The van der Waals surface area contributed by atoms with E-state index in [0.29, 0.717) is 13.0 Å². The van der Waals surface area contributed by atoms with E-state index in [1.54, 1.807) is 6.21 Å². The molecule has 0 atom stereocenters. The van der Waals surface area contributed by atoms with Crippen LogP contribution in [0.3, 0.4) is 0 Å². The zero-order valence-electron chi connectivity index (χ0n) is 18.5. The lowest BCUT2D eigenvalue weighted by molar-refractivity contribution is -0.120. The Bertz CT molecular complexity index is 1320. The Morgan fingerprint density at radius 2 is 1.75 bits per heavy atom. The molecule has 0 radical (unpaired) electrons. The molecule has 1 amide bonds. The maximum atomic E-state index is 12.4. The minimum absolute atomic E-state index is 0.137. The van der Waals surface area contributed by atoms with E-state index in [4.69, 9.17) is 11.6 Å². The Balaban J connectivity index is 1.55. The molecule has 1 heterocycles. The maximum absolute atomic E-state index is 12.4.